The summed E-state index contributed by atoms with van der Waals surface area (Å²) in [6.07, 6.45) is 3.78. The first-order chi connectivity index (χ1) is 23.2. The average molecular weight is 711 g/mol. The van der Waals surface area contributed by atoms with E-state index < -0.39 is 11.9 Å². The Hall–Kier alpha value is -5.37. The van der Waals surface area contributed by atoms with Crippen LogP contribution in [0.4, 0.5) is 22.7 Å². The van der Waals surface area contributed by atoms with Gasteiger partial charge in [0.05, 0.1) is 59.5 Å². The fourth-order valence-electron chi connectivity index (χ4n) is 4.96. The number of halogens is 1. The number of methoxy groups -OCH3 is 2. The molecule has 1 amide bonds. The molecule has 4 aromatic rings. The van der Waals surface area contributed by atoms with Gasteiger partial charge in [-0.3, -0.25) is 9.59 Å². The molecular weight excluding hydrogens is 668 g/mol. The first-order valence-corrected chi connectivity index (χ1v) is 15.7. The third-order valence-electron chi connectivity index (χ3n) is 7.95. The van der Waals surface area contributed by atoms with Crippen LogP contribution in [-0.2, 0) is 19.1 Å². The highest BCUT2D eigenvalue weighted by atomic mass is 35.5. The van der Waals surface area contributed by atoms with Crippen LogP contribution < -0.4 is 22.5 Å². The van der Waals surface area contributed by atoms with Crippen LogP contribution in [0.1, 0.15) is 76.7 Å². The van der Waals surface area contributed by atoms with E-state index in [1.54, 1.807) is 38.1 Å². The number of anilines is 4. The molecule has 14 nitrogen and oxygen atoms in total. The highest BCUT2D eigenvalue weighted by Crippen LogP contribution is 2.37. The molecule has 2 aliphatic rings. The van der Waals surface area contributed by atoms with Crippen molar-refractivity contribution in [2.45, 2.75) is 60.8 Å². The minimum absolute atomic E-state index is 0. The Bertz CT molecular complexity index is 1870. The molecule has 0 unspecified atom stereocenters. The summed E-state index contributed by atoms with van der Waals surface area (Å²) in [5.74, 6) is 0.333. The molecule has 2 saturated carbocycles. The molecule has 2 aromatic carbocycles. The van der Waals surface area contributed by atoms with E-state index in [0.717, 1.165) is 48.1 Å². The van der Waals surface area contributed by atoms with Gasteiger partial charge in [-0.2, -0.15) is 0 Å². The molecule has 50 heavy (non-hydrogen) atoms. The van der Waals surface area contributed by atoms with Crippen LogP contribution in [0.15, 0.2) is 33.3 Å². The van der Waals surface area contributed by atoms with Crippen LogP contribution >= 0.6 is 11.6 Å². The van der Waals surface area contributed by atoms with Crippen molar-refractivity contribution in [2.75, 3.05) is 36.7 Å². The monoisotopic (exact) mass is 710 g/mol. The van der Waals surface area contributed by atoms with Crippen LogP contribution in [0.5, 0.6) is 0 Å². The summed E-state index contributed by atoms with van der Waals surface area (Å²) in [5, 5.41) is 10.5. The lowest BCUT2D eigenvalue weighted by molar-refractivity contribution is -0.117. The van der Waals surface area contributed by atoms with Crippen molar-refractivity contribution in [3.63, 3.8) is 0 Å². The van der Waals surface area contributed by atoms with E-state index in [1.807, 2.05) is 13.8 Å². The second kappa shape index (κ2) is 16.4. The molecule has 268 valence electrons. The van der Waals surface area contributed by atoms with E-state index in [0.29, 0.717) is 34.2 Å². The highest BCUT2D eigenvalue weighted by molar-refractivity contribution is 6.64. The van der Waals surface area contributed by atoms with Gasteiger partial charge in [-0.15, -0.1) is 0 Å². The lowest BCUT2D eigenvalue weighted by atomic mass is 9.99. The van der Waals surface area contributed by atoms with E-state index in [-0.39, 0.29) is 52.9 Å². The maximum Gasteiger partial charge on any atom is 0.340 e. The Balaban J connectivity index is 0.000000232. The van der Waals surface area contributed by atoms with Gasteiger partial charge in [-0.05, 0) is 100 Å². The van der Waals surface area contributed by atoms with Gasteiger partial charge in [0.1, 0.15) is 11.5 Å². The van der Waals surface area contributed by atoms with Crippen molar-refractivity contribution >= 4 is 57.4 Å². The van der Waals surface area contributed by atoms with Crippen molar-refractivity contribution in [1.82, 2.24) is 10.3 Å². The number of hydrogen-bond donors (Lipinski definition) is 4. The maximum atomic E-state index is 12.1. The molecule has 15 heteroatoms. The predicted molar refractivity (Wildman–Crippen MR) is 190 cm³/mol. The van der Waals surface area contributed by atoms with E-state index in [9.17, 15) is 19.2 Å². The van der Waals surface area contributed by atoms with Crippen molar-refractivity contribution < 1.29 is 37.7 Å². The third-order valence-corrected chi connectivity index (χ3v) is 8.26. The number of carbonyl (C=O) groups excluding carboxylic acids is 4. The molecular formula is C35H43ClN6O8. The number of hydrogen-bond acceptors (Lipinski definition) is 13. The summed E-state index contributed by atoms with van der Waals surface area (Å²) < 4.78 is 19.8. The molecule has 0 radical (unpaired) electrons. The standard InChI is InChI=1S/C17H19N3O4.C13H15N3O3.C4H5ClO.CH4/c1-8-14(9(2)24-20-8)11-6-12(17(22)23-3)15(18)13(7-11)19-16(21)10-4-5-10;1-6-11(7(2)19-16-6)8-4-9(13(17)18-3)12(15)10(14)5-8;5-4(6)3-1-2-3;/h6-7,10H,4-5,18H2,1-3H3,(H,19,21);4-5H,14-15H2,1-3H3;3H,1-2H2;1H4. The predicted octanol–water partition coefficient (Wildman–Crippen LogP) is 6.38. The summed E-state index contributed by atoms with van der Waals surface area (Å²) >= 11 is 5.04. The number of nitrogens with two attached hydrogens (primary N) is 3. The van der Waals surface area contributed by atoms with Crippen LogP contribution in [0.25, 0.3) is 22.3 Å². The molecule has 0 bridgehead atoms. The summed E-state index contributed by atoms with van der Waals surface area (Å²) in [4.78, 5) is 45.8. The average Bonchev–Trinajstić information content (AvgIpc) is 4.00. The van der Waals surface area contributed by atoms with Gasteiger partial charge in [-0.1, -0.05) is 17.7 Å². The molecule has 0 spiro atoms. The van der Waals surface area contributed by atoms with Gasteiger partial charge in [0.15, 0.2) is 0 Å². The molecule has 2 aromatic heterocycles. The zero-order valence-corrected chi connectivity index (χ0v) is 28.8. The van der Waals surface area contributed by atoms with Crippen molar-refractivity contribution in [2.24, 2.45) is 11.8 Å². The lowest BCUT2D eigenvalue weighted by Crippen LogP contribution is -2.16. The molecule has 2 heterocycles. The fourth-order valence-corrected chi connectivity index (χ4v) is 5.18. The van der Waals surface area contributed by atoms with Gasteiger partial charge in [0.2, 0.25) is 11.1 Å². The van der Waals surface area contributed by atoms with Gasteiger partial charge in [-0.25, -0.2) is 9.59 Å². The normalized spacial score (nSPS) is 13.0. The largest absolute Gasteiger partial charge is 0.465 e. The van der Waals surface area contributed by atoms with E-state index >= 15 is 0 Å². The van der Waals surface area contributed by atoms with E-state index in [1.165, 1.54) is 14.2 Å². The molecule has 7 N–H and O–H groups in total. The van der Waals surface area contributed by atoms with Crippen molar-refractivity contribution in [3.05, 3.63) is 58.3 Å². The molecule has 2 fully saturated rings. The second-order valence-electron chi connectivity index (χ2n) is 11.7. The van der Waals surface area contributed by atoms with Crippen LogP contribution in [0, 0.1) is 39.5 Å². The number of ether oxygens (including phenoxy) is 2. The third kappa shape index (κ3) is 8.99. The van der Waals surface area contributed by atoms with E-state index in [4.69, 9.17) is 47.3 Å². The number of benzene rings is 2. The number of carbonyl (C=O) groups is 4. The number of amides is 1. The van der Waals surface area contributed by atoms with E-state index in [2.05, 4.69) is 15.6 Å². The molecule has 0 saturated heterocycles. The summed E-state index contributed by atoms with van der Waals surface area (Å²) in [5.41, 5.74) is 23.6. The number of aryl methyl sites for hydroxylation is 4. The van der Waals surface area contributed by atoms with Crippen LogP contribution in [0.2, 0.25) is 0 Å². The number of esters is 2. The number of nitrogens with zero attached hydrogens (tertiary/aromatic N) is 2. The molecule has 0 aliphatic heterocycles. The summed E-state index contributed by atoms with van der Waals surface area (Å²) in [7, 11) is 2.58. The summed E-state index contributed by atoms with van der Waals surface area (Å²) in [6.45, 7) is 7.20. The smallest absolute Gasteiger partial charge is 0.340 e. The van der Waals surface area contributed by atoms with Crippen molar-refractivity contribution in [1.29, 1.82) is 0 Å². The Morgan fingerprint density at radius 1 is 0.740 bits per heavy atom. The summed E-state index contributed by atoms with van der Waals surface area (Å²) in [6, 6.07) is 6.67. The Labute approximate surface area is 294 Å². The molecule has 2 aliphatic carbocycles. The SMILES string of the molecule is C.COC(=O)c1cc(-c2c(C)noc2C)cc(N)c1N.COC(=O)c1cc(-c2c(C)noc2C)cc(NC(=O)C2CC2)c1N.O=C(Cl)C1CC1. The minimum atomic E-state index is -0.567. The molecule has 6 rings (SSSR count). The zero-order valence-electron chi connectivity index (χ0n) is 28.1. The lowest BCUT2D eigenvalue weighted by Gasteiger charge is -2.14. The number of aromatic nitrogens is 2. The second-order valence-corrected chi connectivity index (χ2v) is 12.1. The van der Waals surface area contributed by atoms with Gasteiger partial charge >= 0.3 is 11.9 Å². The number of nitrogens with one attached hydrogen (secondary N) is 1. The highest BCUT2D eigenvalue weighted by Gasteiger charge is 2.31. The quantitative estimate of drug-likeness (QED) is 0.0927. The first kappa shape index (κ1) is 39.1. The van der Waals surface area contributed by atoms with Crippen LogP contribution in [0.3, 0.4) is 0 Å². The Morgan fingerprint density at radius 3 is 1.54 bits per heavy atom. The first-order valence-electron chi connectivity index (χ1n) is 15.3. The number of rotatable bonds is 7. The molecule has 0 atom stereocenters. The fraction of sp³-hybridized carbons (Fsp3) is 0.371. The zero-order chi connectivity index (χ0) is 36.2. The van der Waals surface area contributed by atoms with Crippen LogP contribution in [-0.4, -0.2) is 47.6 Å². The topological polar surface area (TPSA) is 229 Å². The van der Waals surface area contributed by atoms with Crippen molar-refractivity contribution in [3.8, 4) is 22.3 Å². The van der Waals surface area contributed by atoms with Gasteiger partial charge < -0.3 is 41.0 Å². The maximum absolute atomic E-state index is 12.1. The Kier molecular flexibility index (Phi) is 12.8. The minimum Gasteiger partial charge on any atom is -0.465 e. The van der Waals surface area contributed by atoms with Gasteiger partial charge in [0, 0.05) is 23.0 Å². The Morgan fingerprint density at radius 2 is 1.18 bits per heavy atom. The van der Waals surface area contributed by atoms with Gasteiger partial charge in [0.25, 0.3) is 0 Å². The number of nitrogen functional groups attached to an aromatic ring is 3.